The molecule has 1 aromatic carbocycles. The highest BCUT2D eigenvalue weighted by atomic mass is 127. The van der Waals surface area contributed by atoms with E-state index in [0.29, 0.717) is 12.4 Å². The summed E-state index contributed by atoms with van der Waals surface area (Å²) in [5, 5.41) is 9.95. The third-order valence-corrected chi connectivity index (χ3v) is 2.84. The predicted octanol–water partition coefficient (Wildman–Crippen LogP) is 2.63. The van der Waals surface area contributed by atoms with E-state index >= 15 is 0 Å². The summed E-state index contributed by atoms with van der Waals surface area (Å²) in [5.74, 6) is 0.687. The van der Waals surface area contributed by atoms with Gasteiger partial charge in [0.2, 0.25) is 0 Å². The molecule has 2 rings (SSSR count). The zero-order chi connectivity index (χ0) is 9.97. The van der Waals surface area contributed by atoms with Crippen molar-refractivity contribution in [3.8, 4) is 0 Å². The van der Waals surface area contributed by atoms with E-state index in [9.17, 15) is 5.11 Å². The maximum absolute atomic E-state index is 9.95. The summed E-state index contributed by atoms with van der Waals surface area (Å²) in [5.41, 5.74) is 0.894. The Morgan fingerprint density at radius 1 is 1.43 bits per heavy atom. The lowest BCUT2D eigenvalue weighted by Crippen LogP contribution is -2.02. The Hall–Kier alpha value is -0.550. The first-order valence-corrected chi connectivity index (χ1v) is 5.61. The van der Waals surface area contributed by atoms with Crippen molar-refractivity contribution in [2.45, 2.75) is 12.5 Å². The Kier molecular flexibility index (Phi) is 3.08. The van der Waals surface area contributed by atoms with Crippen LogP contribution >= 0.6 is 22.6 Å². The van der Waals surface area contributed by atoms with E-state index in [1.165, 1.54) is 0 Å². The number of benzene rings is 1. The van der Waals surface area contributed by atoms with Crippen molar-refractivity contribution < 1.29 is 9.84 Å². The van der Waals surface area contributed by atoms with Crippen molar-refractivity contribution in [3.05, 3.63) is 45.2 Å². The highest BCUT2D eigenvalue weighted by Gasteiger charge is 2.17. The van der Waals surface area contributed by atoms with Crippen molar-refractivity contribution in [2.24, 2.45) is 0 Å². The van der Waals surface area contributed by atoms with Crippen LogP contribution in [0.1, 0.15) is 18.1 Å². The van der Waals surface area contributed by atoms with Crippen molar-refractivity contribution >= 4 is 22.6 Å². The summed E-state index contributed by atoms with van der Waals surface area (Å²) >= 11 is 2.23. The van der Waals surface area contributed by atoms with E-state index in [1.807, 2.05) is 30.3 Å². The highest BCUT2D eigenvalue weighted by molar-refractivity contribution is 14.1. The van der Waals surface area contributed by atoms with Crippen molar-refractivity contribution in [3.63, 3.8) is 0 Å². The Labute approximate surface area is 96.7 Å². The molecule has 1 N–H and O–H groups in total. The van der Waals surface area contributed by atoms with Crippen LogP contribution in [0.3, 0.4) is 0 Å². The fourth-order valence-corrected chi connectivity index (χ4v) is 2.04. The van der Waals surface area contributed by atoms with Crippen LogP contribution in [0.4, 0.5) is 0 Å². The first kappa shape index (κ1) is 9.98. The standard InChI is InChI=1S/C11H11IO2/c12-9-4-1-3-8(7-9)11(13)10-5-2-6-14-10/h1,3-5,7,11,13H,2,6H2. The summed E-state index contributed by atoms with van der Waals surface area (Å²) in [6.07, 6.45) is 2.24. The molecule has 0 radical (unpaired) electrons. The van der Waals surface area contributed by atoms with Gasteiger partial charge in [0, 0.05) is 9.99 Å². The van der Waals surface area contributed by atoms with E-state index in [2.05, 4.69) is 22.6 Å². The molecule has 0 amide bonds. The monoisotopic (exact) mass is 302 g/mol. The molecular weight excluding hydrogens is 291 g/mol. The molecule has 1 aliphatic heterocycles. The van der Waals surface area contributed by atoms with Gasteiger partial charge in [0.25, 0.3) is 0 Å². The quantitative estimate of drug-likeness (QED) is 0.851. The van der Waals surface area contributed by atoms with Crippen molar-refractivity contribution in [1.82, 2.24) is 0 Å². The van der Waals surface area contributed by atoms with E-state index in [1.54, 1.807) is 0 Å². The lowest BCUT2D eigenvalue weighted by Gasteiger charge is -2.12. The van der Waals surface area contributed by atoms with Crippen LogP contribution in [0.5, 0.6) is 0 Å². The average Bonchev–Trinajstić information content (AvgIpc) is 2.69. The lowest BCUT2D eigenvalue weighted by atomic mass is 10.1. The molecule has 1 aromatic rings. The van der Waals surface area contributed by atoms with Crippen LogP contribution in [0, 0.1) is 3.57 Å². The third-order valence-electron chi connectivity index (χ3n) is 2.17. The number of halogens is 1. The first-order chi connectivity index (χ1) is 6.77. The molecular formula is C11H11IO2. The topological polar surface area (TPSA) is 29.5 Å². The second kappa shape index (κ2) is 4.31. The highest BCUT2D eigenvalue weighted by Crippen LogP contribution is 2.26. The van der Waals surface area contributed by atoms with Gasteiger partial charge in [-0.15, -0.1) is 0 Å². The van der Waals surface area contributed by atoms with Crippen molar-refractivity contribution in [1.29, 1.82) is 0 Å². The van der Waals surface area contributed by atoms with E-state index in [0.717, 1.165) is 15.6 Å². The molecule has 1 aliphatic rings. The Morgan fingerprint density at radius 2 is 2.29 bits per heavy atom. The van der Waals surface area contributed by atoms with Gasteiger partial charge < -0.3 is 9.84 Å². The van der Waals surface area contributed by atoms with E-state index in [-0.39, 0.29) is 0 Å². The van der Waals surface area contributed by atoms with Gasteiger partial charge in [-0.05, 0) is 46.4 Å². The molecule has 0 bridgehead atoms. The molecule has 1 unspecified atom stereocenters. The van der Waals surface area contributed by atoms with E-state index in [4.69, 9.17) is 4.74 Å². The van der Waals surface area contributed by atoms with Gasteiger partial charge in [-0.25, -0.2) is 0 Å². The molecule has 2 nitrogen and oxygen atoms in total. The molecule has 74 valence electrons. The summed E-state index contributed by atoms with van der Waals surface area (Å²) in [7, 11) is 0. The summed E-state index contributed by atoms with van der Waals surface area (Å²) in [4.78, 5) is 0. The number of ether oxygens (including phenoxy) is 1. The van der Waals surface area contributed by atoms with Gasteiger partial charge in [0.15, 0.2) is 0 Å². The number of rotatable bonds is 2. The Bertz CT molecular complexity index is 360. The van der Waals surface area contributed by atoms with Crippen LogP contribution < -0.4 is 0 Å². The van der Waals surface area contributed by atoms with Gasteiger partial charge in [0.05, 0.1) is 6.61 Å². The molecule has 0 fully saturated rings. The molecule has 0 spiro atoms. The maximum atomic E-state index is 9.95. The summed E-state index contributed by atoms with van der Waals surface area (Å²) < 4.78 is 6.44. The van der Waals surface area contributed by atoms with Crippen LogP contribution in [-0.4, -0.2) is 11.7 Å². The van der Waals surface area contributed by atoms with Gasteiger partial charge in [-0.3, -0.25) is 0 Å². The molecule has 1 atom stereocenters. The summed E-state index contributed by atoms with van der Waals surface area (Å²) in [6.45, 7) is 0.691. The minimum absolute atomic E-state index is 0.604. The second-order valence-electron chi connectivity index (χ2n) is 3.20. The smallest absolute Gasteiger partial charge is 0.136 e. The fraction of sp³-hybridized carbons (Fsp3) is 0.273. The number of aliphatic hydroxyl groups is 1. The average molecular weight is 302 g/mol. The van der Waals surface area contributed by atoms with Crippen LogP contribution in [0.15, 0.2) is 36.1 Å². The normalized spacial score (nSPS) is 17.4. The van der Waals surface area contributed by atoms with Crippen LogP contribution in [0.2, 0.25) is 0 Å². The zero-order valence-corrected chi connectivity index (χ0v) is 9.77. The first-order valence-electron chi connectivity index (χ1n) is 4.54. The lowest BCUT2D eigenvalue weighted by molar-refractivity contribution is 0.119. The number of hydrogen-bond acceptors (Lipinski definition) is 2. The third kappa shape index (κ3) is 2.09. The molecule has 0 aliphatic carbocycles. The molecule has 0 saturated heterocycles. The fourth-order valence-electron chi connectivity index (χ4n) is 1.47. The van der Waals surface area contributed by atoms with Crippen LogP contribution in [0.25, 0.3) is 0 Å². The number of aliphatic hydroxyl groups excluding tert-OH is 1. The Balaban J connectivity index is 2.22. The van der Waals surface area contributed by atoms with Gasteiger partial charge in [-0.2, -0.15) is 0 Å². The molecule has 3 heteroatoms. The second-order valence-corrected chi connectivity index (χ2v) is 4.45. The van der Waals surface area contributed by atoms with Gasteiger partial charge in [0.1, 0.15) is 11.9 Å². The van der Waals surface area contributed by atoms with E-state index < -0.39 is 6.10 Å². The molecule has 14 heavy (non-hydrogen) atoms. The minimum atomic E-state index is -0.604. The molecule has 0 aromatic heterocycles. The predicted molar refractivity (Wildman–Crippen MR) is 62.8 cm³/mol. The summed E-state index contributed by atoms with van der Waals surface area (Å²) in [6, 6.07) is 7.82. The SMILES string of the molecule is OC(C1=CCCO1)c1cccc(I)c1. The van der Waals surface area contributed by atoms with Gasteiger partial charge >= 0.3 is 0 Å². The minimum Gasteiger partial charge on any atom is -0.495 e. The maximum Gasteiger partial charge on any atom is 0.136 e. The largest absolute Gasteiger partial charge is 0.495 e. The number of hydrogen-bond donors (Lipinski definition) is 1. The van der Waals surface area contributed by atoms with Crippen LogP contribution in [-0.2, 0) is 4.74 Å². The zero-order valence-electron chi connectivity index (χ0n) is 7.61. The molecule has 0 saturated carbocycles. The van der Waals surface area contributed by atoms with Crippen molar-refractivity contribution in [2.75, 3.05) is 6.61 Å². The van der Waals surface area contributed by atoms with Gasteiger partial charge in [-0.1, -0.05) is 12.1 Å². The Morgan fingerprint density at radius 3 is 2.93 bits per heavy atom. The molecule has 1 heterocycles.